The summed E-state index contributed by atoms with van der Waals surface area (Å²) in [6.07, 6.45) is 0. The SMILES string of the molecule is COc1cccc2c1PC(C1N(c3ccccc3)c3cccc(OC)c3P1C)N2c1ccccc1. The first-order valence-electron chi connectivity index (χ1n) is 11.7. The molecule has 6 heteroatoms. The molecule has 6 rings (SSSR count). The molecule has 0 radical (unpaired) electrons. The van der Waals surface area contributed by atoms with Gasteiger partial charge in [0, 0.05) is 22.0 Å². The number of rotatable bonds is 5. The van der Waals surface area contributed by atoms with Crippen molar-refractivity contribution in [1.29, 1.82) is 0 Å². The lowest BCUT2D eigenvalue weighted by Gasteiger charge is -2.39. The number of ether oxygens (including phenoxy) is 2. The minimum atomic E-state index is -0.553. The van der Waals surface area contributed by atoms with Crippen LogP contribution in [-0.4, -0.2) is 32.5 Å². The van der Waals surface area contributed by atoms with Crippen molar-refractivity contribution in [2.24, 2.45) is 0 Å². The summed E-state index contributed by atoms with van der Waals surface area (Å²) >= 11 is 0. The quantitative estimate of drug-likeness (QED) is 0.297. The fourth-order valence-corrected chi connectivity index (χ4v) is 10.5. The molecule has 2 aliphatic rings. The fraction of sp³-hybridized carbons (Fsp3) is 0.172. The van der Waals surface area contributed by atoms with Crippen LogP contribution in [0.3, 0.4) is 0 Å². The van der Waals surface area contributed by atoms with Gasteiger partial charge in [-0.1, -0.05) is 57.1 Å². The number of benzene rings is 4. The van der Waals surface area contributed by atoms with Gasteiger partial charge in [0.05, 0.1) is 37.2 Å². The summed E-state index contributed by atoms with van der Waals surface area (Å²) < 4.78 is 11.7. The first kappa shape index (κ1) is 22.4. The lowest BCUT2D eigenvalue weighted by molar-refractivity contribution is 0.418. The van der Waals surface area contributed by atoms with E-state index in [4.69, 9.17) is 9.47 Å². The molecule has 4 nitrogen and oxygen atoms in total. The van der Waals surface area contributed by atoms with E-state index in [2.05, 4.69) is 114 Å². The van der Waals surface area contributed by atoms with E-state index in [-0.39, 0.29) is 11.6 Å². The molecule has 176 valence electrons. The van der Waals surface area contributed by atoms with Gasteiger partial charge in [0.25, 0.3) is 0 Å². The lowest BCUT2D eigenvalue weighted by atomic mass is 10.2. The van der Waals surface area contributed by atoms with E-state index in [1.54, 1.807) is 14.2 Å². The van der Waals surface area contributed by atoms with E-state index in [1.165, 1.54) is 33.4 Å². The zero-order valence-corrected chi connectivity index (χ0v) is 21.9. The van der Waals surface area contributed by atoms with Crippen molar-refractivity contribution >= 4 is 49.9 Å². The molecule has 4 unspecified atom stereocenters. The summed E-state index contributed by atoms with van der Waals surface area (Å²) in [6, 6.07) is 34.5. The maximum absolute atomic E-state index is 5.89. The van der Waals surface area contributed by atoms with Crippen molar-refractivity contribution in [1.82, 2.24) is 0 Å². The van der Waals surface area contributed by atoms with Gasteiger partial charge in [-0.05, 0) is 63.1 Å². The third kappa shape index (κ3) is 3.59. The number of hydrogen-bond donors (Lipinski definition) is 0. The van der Waals surface area contributed by atoms with Crippen LogP contribution in [0.1, 0.15) is 0 Å². The number of methoxy groups -OCH3 is 2. The van der Waals surface area contributed by atoms with Gasteiger partial charge in [0.2, 0.25) is 0 Å². The third-order valence-electron chi connectivity index (χ3n) is 6.88. The lowest BCUT2D eigenvalue weighted by Crippen LogP contribution is -2.41. The molecule has 0 bridgehead atoms. The Labute approximate surface area is 210 Å². The Kier molecular flexibility index (Phi) is 5.88. The number of nitrogens with zero attached hydrogens (tertiary/aromatic N) is 2. The fourth-order valence-electron chi connectivity index (χ4n) is 5.40. The highest BCUT2D eigenvalue weighted by Gasteiger charge is 2.48. The molecule has 4 atom stereocenters. The molecule has 0 saturated heterocycles. The molecule has 0 amide bonds. The molecule has 0 spiro atoms. The average molecular weight is 499 g/mol. The number of hydrogen-bond acceptors (Lipinski definition) is 4. The van der Waals surface area contributed by atoms with Crippen LogP contribution in [-0.2, 0) is 0 Å². The highest BCUT2D eigenvalue weighted by Crippen LogP contribution is 2.61. The molecule has 2 aliphatic heterocycles. The maximum atomic E-state index is 5.89. The molecular weight excluding hydrogens is 470 g/mol. The molecule has 35 heavy (non-hydrogen) atoms. The molecule has 0 N–H and O–H groups in total. The highest BCUT2D eigenvalue weighted by molar-refractivity contribution is 7.68. The molecule has 4 aromatic carbocycles. The van der Waals surface area contributed by atoms with Crippen LogP contribution < -0.4 is 29.9 Å². The van der Waals surface area contributed by atoms with E-state index in [1.807, 2.05) is 0 Å². The summed E-state index contributed by atoms with van der Waals surface area (Å²) in [4.78, 5) is 5.11. The smallest absolute Gasteiger partial charge is 0.128 e. The Hall–Kier alpha value is -3.06. The van der Waals surface area contributed by atoms with Crippen molar-refractivity contribution in [2.45, 2.75) is 11.6 Å². The molecule has 4 aromatic rings. The van der Waals surface area contributed by atoms with E-state index in [0.29, 0.717) is 8.58 Å². The van der Waals surface area contributed by atoms with Gasteiger partial charge < -0.3 is 19.3 Å². The zero-order chi connectivity index (χ0) is 23.9. The molecule has 2 heterocycles. The summed E-state index contributed by atoms with van der Waals surface area (Å²) in [5.41, 5.74) is 4.95. The van der Waals surface area contributed by atoms with Crippen molar-refractivity contribution < 1.29 is 9.47 Å². The zero-order valence-electron chi connectivity index (χ0n) is 20.1. The van der Waals surface area contributed by atoms with E-state index < -0.39 is 7.92 Å². The largest absolute Gasteiger partial charge is 0.496 e. The van der Waals surface area contributed by atoms with Crippen molar-refractivity contribution in [2.75, 3.05) is 30.7 Å². The average Bonchev–Trinajstić information content (AvgIpc) is 3.44. The predicted molar refractivity (Wildman–Crippen MR) is 151 cm³/mol. The van der Waals surface area contributed by atoms with Gasteiger partial charge in [-0.2, -0.15) is 0 Å². The molecule has 0 saturated carbocycles. The van der Waals surface area contributed by atoms with Gasteiger partial charge in [-0.25, -0.2) is 0 Å². The second-order valence-electron chi connectivity index (χ2n) is 8.71. The Morgan fingerprint density at radius 1 is 0.657 bits per heavy atom. The van der Waals surface area contributed by atoms with Crippen LogP contribution in [0.4, 0.5) is 22.7 Å². The topological polar surface area (TPSA) is 24.9 Å². The molecule has 0 aromatic heterocycles. The normalized spacial score (nSPS) is 21.2. The van der Waals surface area contributed by atoms with Crippen LogP contribution in [0.15, 0.2) is 97.1 Å². The van der Waals surface area contributed by atoms with E-state index in [0.717, 1.165) is 11.5 Å². The van der Waals surface area contributed by atoms with Gasteiger partial charge >= 0.3 is 0 Å². The summed E-state index contributed by atoms with van der Waals surface area (Å²) in [5, 5.41) is 2.66. The van der Waals surface area contributed by atoms with Crippen LogP contribution >= 0.6 is 16.5 Å². The molecular formula is C29H28N2O2P2. The molecule has 0 fully saturated rings. The van der Waals surface area contributed by atoms with Gasteiger partial charge in [-0.3, -0.25) is 0 Å². The maximum Gasteiger partial charge on any atom is 0.128 e. The summed E-state index contributed by atoms with van der Waals surface area (Å²) in [5.74, 6) is 2.50. The van der Waals surface area contributed by atoms with E-state index >= 15 is 0 Å². The van der Waals surface area contributed by atoms with Gasteiger partial charge in [0.1, 0.15) is 11.5 Å². The summed E-state index contributed by atoms with van der Waals surface area (Å²) in [6.45, 7) is 2.41. The standard InChI is InChI=1S/C29H28N2O2P2/c1-32-24-18-10-16-22-26(24)34-28(30(22)20-12-6-4-7-13-20)29-31(21-14-8-5-9-15-21)23-17-11-19-25(33-2)27(23)35(29)3/h4-19,28-29,34H,1-3H3. The second kappa shape index (κ2) is 9.19. The third-order valence-corrected chi connectivity index (χ3v) is 11.3. The van der Waals surface area contributed by atoms with Crippen molar-refractivity contribution in [3.05, 3.63) is 97.1 Å². The Morgan fingerprint density at radius 2 is 1.23 bits per heavy atom. The van der Waals surface area contributed by atoms with Crippen LogP contribution in [0, 0.1) is 0 Å². The first-order valence-corrected chi connectivity index (χ1v) is 14.7. The number of para-hydroxylation sites is 2. The van der Waals surface area contributed by atoms with Crippen LogP contribution in [0.2, 0.25) is 0 Å². The minimum absolute atomic E-state index is 0.261. The van der Waals surface area contributed by atoms with Gasteiger partial charge in [-0.15, -0.1) is 0 Å². The second-order valence-corrected chi connectivity index (χ2v) is 12.3. The monoisotopic (exact) mass is 498 g/mol. The van der Waals surface area contributed by atoms with Crippen LogP contribution in [0.5, 0.6) is 11.5 Å². The minimum Gasteiger partial charge on any atom is -0.496 e. The van der Waals surface area contributed by atoms with Crippen molar-refractivity contribution in [3.63, 3.8) is 0 Å². The van der Waals surface area contributed by atoms with Crippen molar-refractivity contribution in [3.8, 4) is 11.5 Å². The molecule has 0 aliphatic carbocycles. The highest BCUT2D eigenvalue weighted by atomic mass is 31.1. The Morgan fingerprint density at radius 3 is 1.86 bits per heavy atom. The van der Waals surface area contributed by atoms with Crippen LogP contribution in [0.25, 0.3) is 0 Å². The number of anilines is 4. The summed E-state index contributed by atoms with van der Waals surface area (Å²) in [7, 11) is 3.60. The van der Waals surface area contributed by atoms with Gasteiger partial charge in [0.15, 0.2) is 0 Å². The number of fused-ring (bicyclic) bond motifs is 2. The predicted octanol–water partition coefficient (Wildman–Crippen LogP) is 6.40. The Balaban J connectivity index is 1.55. The Bertz CT molecular complexity index is 1350. The first-order chi connectivity index (χ1) is 17.2. The van der Waals surface area contributed by atoms with E-state index in [9.17, 15) is 0 Å².